The van der Waals surface area contributed by atoms with E-state index in [1.165, 1.54) is 31.0 Å². The molecule has 0 atom stereocenters. The zero-order valence-corrected chi connectivity index (χ0v) is 19.3. The number of aryl methyl sites for hydroxylation is 1. The molecule has 7 nitrogen and oxygen atoms in total. The van der Waals surface area contributed by atoms with Gasteiger partial charge in [-0.2, -0.15) is 4.98 Å². The lowest BCUT2D eigenvalue weighted by atomic mass is 10.1. The van der Waals surface area contributed by atoms with Gasteiger partial charge in [-0.25, -0.2) is 4.39 Å². The molecule has 3 heterocycles. The Balaban J connectivity index is 1.11. The van der Waals surface area contributed by atoms with Crippen molar-refractivity contribution in [1.82, 2.24) is 15.0 Å². The number of rotatable bonds is 6. The Morgan fingerprint density at radius 2 is 1.62 bits per heavy atom. The van der Waals surface area contributed by atoms with Crippen LogP contribution in [-0.2, 0) is 11.2 Å². The second-order valence-corrected chi connectivity index (χ2v) is 8.93. The number of carbonyl (C=O) groups excluding carboxylic acids is 1. The van der Waals surface area contributed by atoms with Crippen LogP contribution in [-0.4, -0.2) is 60.2 Å². The molecule has 8 heteroatoms. The Kier molecular flexibility index (Phi) is 6.74. The molecule has 0 saturated carbocycles. The number of aromatic nitrogens is 2. The summed E-state index contributed by atoms with van der Waals surface area (Å²) < 4.78 is 19.4. The Morgan fingerprint density at radius 3 is 2.35 bits per heavy atom. The molecule has 1 aromatic heterocycles. The predicted octanol–water partition coefficient (Wildman–Crippen LogP) is 4.15. The van der Waals surface area contributed by atoms with Crippen molar-refractivity contribution >= 4 is 17.3 Å². The van der Waals surface area contributed by atoms with Crippen LogP contribution in [0.3, 0.4) is 0 Å². The van der Waals surface area contributed by atoms with Gasteiger partial charge in [0.05, 0.1) is 5.69 Å². The molecule has 2 aromatic carbocycles. The van der Waals surface area contributed by atoms with Crippen LogP contribution >= 0.6 is 0 Å². The Bertz CT molecular complexity index is 1100. The number of nitrogens with zero attached hydrogens (tertiary/aromatic N) is 5. The van der Waals surface area contributed by atoms with Crippen molar-refractivity contribution in [2.75, 3.05) is 49.1 Å². The third-order valence-corrected chi connectivity index (χ3v) is 6.69. The number of piperazine rings is 1. The van der Waals surface area contributed by atoms with Gasteiger partial charge >= 0.3 is 0 Å². The molecule has 0 spiro atoms. The van der Waals surface area contributed by atoms with Gasteiger partial charge in [-0.15, -0.1) is 0 Å². The van der Waals surface area contributed by atoms with Crippen molar-refractivity contribution < 1.29 is 13.7 Å². The Hall–Kier alpha value is -3.42. The van der Waals surface area contributed by atoms with Gasteiger partial charge in [0.1, 0.15) is 5.82 Å². The number of hydrogen-bond donors (Lipinski definition) is 0. The number of para-hydroxylation sites is 1. The lowest BCUT2D eigenvalue weighted by molar-refractivity contribution is -0.131. The summed E-state index contributed by atoms with van der Waals surface area (Å²) in [7, 11) is 0. The van der Waals surface area contributed by atoms with Gasteiger partial charge in [-0.3, -0.25) is 4.79 Å². The molecule has 1 amide bonds. The molecule has 2 aliphatic rings. The molecule has 5 rings (SSSR count). The van der Waals surface area contributed by atoms with Gasteiger partial charge in [0, 0.05) is 63.4 Å². The number of piperidine rings is 1. The van der Waals surface area contributed by atoms with Crippen LogP contribution in [0.25, 0.3) is 11.4 Å². The summed E-state index contributed by atoms with van der Waals surface area (Å²) in [5.74, 6) is 0.842. The summed E-state index contributed by atoms with van der Waals surface area (Å²) in [6.45, 7) is 4.60. The molecule has 34 heavy (non-hydrogen) atoms. The van der Waals surface area contributed by atoms with Crippen LogP contribution in [0.15, 0.2) is 53.1 Å². The van der Waals surface area contributed by atoms with E-state index < -0.39 is 0 Å². The molecule has 0 aliphatic carbocycles. The van der Waals surface area contributed by atoms with Crippen LogP contribution in [0.5, 0.6) is 0 Å². The third-order valence-electron chi connectivity index (χ3n) is 6.69. The summed E-state index contributed by atoms with van der Waals surface area (Å²) in [5, 5.41) is 4.10. The van der Waals surface area contributed by atoms with Crippen molar-refractivity contribution in [3.05, 3.63) is 60.2 Å². The van der Waals surface area contributed by atoms with Crippen molar-refractivity contribution in [3.8, 4) is 11.4 Å². The highest BCUT2D eigenvalue weighted by molar-refractivity contribution is 5.76. The van der Waals surface area contributed by atoms with Gasteiger partial charge in [0.2, 0.25) is 17.6 Å². The highest BCUT2D eigenvalue weighted by Crippen LogP contribution is 2.24. The SMILES string of the molecule is O=C(CCc1nc(-c2ccc(N3CCCCC3)cc2)no1)N1CCN(c2ccccc2F)CC1. The van der Waals surface area contributed by atoms with E-state index in [4.69, 9.17) is 4.52 Å². The number of carbonyl (C=O) groups is 1. The number of benzene rings is 2. The molecular formula is C26H30FN5O2. The standard InChI is InChI=1S/C26H30FN5O2/c27-22-6-2-3-7-23(22)31-16-18-32(19-17-31)25(33)13-12-24-28-26(29-34-24)20-8-10-21(11-9-20)30-14-4-1-5-15-30/h2-3,6-11H,1,4-5,12-19H2. The van der Waals surface area contributed by atoms with Crippen molar-refractivity contribution in [1.29, 1.82) is 0 Å². The van der Waals surface area contributed by atoms with Gasteiger partial charge in [-0.1, -0.05) is 17.3 Å². The maximum atomic E-state index is 14.0. The Labute approximate surface area is 199 Å². The number of amides is 1. The van der Waals surface area contributed by atoms with E-state index in [1.807, 2.05) is 28.0 Å². The summed E-state index contributed by atoms with van der Waals surface area (Å²) in [6.07, 6.45) is 4.53. The molecule has 2 fully saturated rings. The monoisotopic (exact) mass is 463 g/mol. The highest BCUT2D eigenvalue weighted by atomic mass is 19.1. The third kappa shape index (κ3) is 5.05. The predicted molar refractivity (Wildman–Crippen MR) is 129 cm³/mol. The smallest absolute Gasteiger partial charge is 0.227 e. The topological polar surface area (TPSA) is 65.7 Å². The Morgan fingerprint density at radius 1 is 0.882 bits per heavy atom. The first-order chi connectivity index (χ1) is 16.7. The normalized spacial score (nSPS) is 16.7. The summed E-state index contributed by atoms with van der Waals surface area (Å²) in [6, 6.07) is 15.0. The summed E-state index contributed by atoms with van der Waals surface area (Å²) in [4.78, 5) is 23.4. The first-order valence-corrected chi connectivity index (χ1v) is 12.1. The fourth-order valence-electron chi connectivity index (χ4n) is 4.72. The van der Waals surface area contributed by atoms with E-state index in [9.17, 15) is 9.18 Å². The van der Waals surface area contributed by atoms with Crippen LogP contribution < -0.4 is 9.80 Å². The molecule has 3 aromatic rings. The minimum absolute atomic E-state index is 0.0545. The zero-order chi connectivity index (χ0) is 23.3. The van der Waals surface area contributed by atoms with E-state index in [0.29, 0.717) is 56.4 Å². The lowest BCUT2D eigenvalue weighted by Gasteiger charge is -2.36. The molecular weight excluding hydrogens is 433 g/mol. The number of anilines is 2. The first kappa shape index (κ1) is 22.4. The second kappa shape index (κ2) is 10.2. The molecule has 2 saturated heterocycles. The first-order valence-electron chi connectivity index (χ1n) is 12.1. The average Bonchev–Trinajstić information content (AvgIpc) is 3.37. The minimum Gasteiger partial charge on any atom is -0.372 e. The molecule has 0 bridgehead atoms. The average molecular weight is 464 g/mol. The van der Waals surface area contributed by atoms with Gasteiger partial charge in [0.15, 0.2) is 0 Å². The molecule has 2 aliphatic heterocycles. The van der Waals surface area contributed by atoms with Crippen LogP contribution in [0.2, 0.25) is 0 Å². The fourth-order valence-corrected chi connectivity index (χ4v) is 4.72. The van der Waals surface area contributed by atoms with Gasteiger partial charge in [0.25, 0.3) is 0 Å². The second-order valence-electron chi connectivity index (χ2n) is 8.93. The summed E-state index contributed by atoms with van der Waals surface area (Å²) >= 11 is 0. The quantitative estimate of drug-likeness (QED) is 0.547. The van der Waals surface area contributed by atoms with Crippen molar-refractivity contribution in [3.63, 3.8) is 0 Å². The van der Waals surface area contributed by atoms with Gasteiger partial charge in [-0.05, 0) is 55.7 Å². The molecule has 178 valence electrons. The van der Waals surface area contributed by atoms with Crippen LogP contribution in [0.1, 0.15) is 31.6 Å². The van der Waals surface area contributed by atoms with E-state index in [1.54, 1.807) is 12.1 Å². The lowest BCUT2D eigenvalue weighted by Crippen LogP contribution is -2.49. The maximum absolute atomic E-state index is 14.0. The van der Waals surface area contributed by atoms with Gasteiger partial charge < -0.3 is 19.2 Å². The van der Waals surface area contributed by atoms with Crippen molar-refractivity contribution in [2.45, 2.75) is 32.1 Å². The van der Waals surface area contributed by atoms with E-state index >= 15 is 0 Å². The molecule has 0 N–H and O–H groups in total. The van der Waals surface area contributed by atoms with E-state index in [-0.39, 0.29) is 11.7 Å². The fraction of sp³-hybridized carbons (Fsp3) is 0.423. The summed E-state index contributed by atoms with van der Waals surface area (Å²) in [5.41, 5.74) is 2.73. The van der Waals surface area contributed by atoms with E-state index in [0.717, 1.165) is 18.7 Å². The maximum Gasteiger partial charge on any atom is 0.227 e. The van der Waals surface area contributed by atoms with Crippen LogP contribution in [0.4, 0.5) is 15.8 Å². The number of hydrogen-bond acceptors (Lipinski definition) is 6. The number of halogens is 1. The minimum atomic E-state index is -0.226. The molecule has 0 radical (unpaired) electrons. The van der Waals surface area contributed by atoms with Crippen LogP contribution in [0, 0.1) is 5.82 Å². The molecule has 0 unspecified atom stereocenters. The largest absolute Gasteiger partial charge is 0.372 e. The van der Waals surface area contributed by atoms with Crippen molar-refractivity contribution in [2.24, 2.45) is 0 Å². The van der Waals surface area contributed by atoms with E-state index in [2.05, 4.69) is 27.2 Å². The highest BCUT2D eigenvalue weighted by Gasteiger charge is 2.23. The zero-order valence-electron chi connectivity index (χ0n) is 19.3.